The number of aliphatic carboxylic acids is 1. The Morgan fingerprint density at radius 1 is 1.35 bits per heavy atom. The minimum atomic E-state index is -0.874. The molecule has 0 bridgehead atoms. The number of aromatic nitrogens is 2. The first-order valence-corrected chi connectivity index (χ1v) is 5.27. The summed E-state index contributed by atoms with van der Waals surface area (Å²) < 4.78 is 5.42. The molecule has 0 unspecified atom stereocenters. The van der Waals surface area contributed by atoms with E-state index in [9.17, 15) is 4.79 Å². The van der Waals surface area contributed by atoms with Gasteiger partial charge in [-0.3, -0.25) is 4.79 Å². The molecule has 1 aromatic carbocycles. The van der Waals surface area contributed by atoms with Crippen molar-refractivity contribution in [2.75, 3.05) is 0 Å². The van der Waals surface area contributed by atoms with Crippen LogP contribution in [0.15, 0.2) is 28.7 Å². The Morgan fingerprint density at radius 2 is 2.12 bits per heavy atom. The molecule has 0 fully saturated rings. The lowest BCUT2D eigenvalue weighted by Crippen LogP contribution is -1.97. The summed E-state index contributed by atoms with van der Waals surface area (Å²) in [6, 6.07) is 7.67. The predicted molar refractivity (Wildman–Crippen MR) is 60.4 cm³/mol. The Hall–Kier alpha value is -2.17. The molecular formula is C12H12N2O3. The third-order valence-electron chi connectivity index (χ3n) is 2.40. The predicted octanol–water partition coefficient (Wildman–Crippen LogP) is 2.06. The van der Waals surface area contributed by atoms with Gasteiger partial charge in [-0.2, -0.15) is 0 Å². The van der Waals surface area contributed by atoms with Crippen molar-refractivity contribution < 1.29 is 14.3 Å². The summed E-state index contributed by atoms with van der Waals surface area (Å²) in [5.74, 6) is -0.0882. The molecule has 0 saturated heterocycles. The van der Waals surface area contributed by atoms with Crippen molar-refractivity contribution in [3.8, 4) is 11.5 Å². The maximum absolute atomic E-state index is 10.4. The Labute approximate surface area is 98.1 Å². The van der Waals surface area contributed by atoms with Gasteiger partial charge in [0.2, 0.25) is 11.8 Å². The van der Waals surface area contributed by atoms with Crippen molar-refractivity contribution in [2.24, 2.45) is 0 Å². The van der Waals surface area contributed by atoms with Crippen molar-refractivity contribution in [3.63, 3.8) is 0 Å². The van der Waals surface area contributed by atoms with E-state index < -0.39 is 5.97 Å². The van der Waals surface area contributed by atoms with E-state index in [0.29, 0.717) is 11.8 Å². The second-order valence-electron chi connectivity index (χ2n) is 3.71. The van der Waals surface area contributed by atoms with Crippen molar-refractivity contribution in [1.29, 1.82) is 0 Å². The van der Waals surface area contributed by atoms with Crippen LogP contribution in [0.5, 0.6) is 0 Å². The topological polar surface area (TPSA) is 76.2 Å². The van der Waals surface area contributed by atoms with E-state index in [1.54, 1.807) is 0 Å². The third kappa shape index (κ3) is 2.69. The number of rotatable bonds is 4. The summed E-state index contributed by atoms with van der Waals surface area (Å²) in [6.45, 7) is 1.95. The molecule has 0 saturated carbocycles. The number of carboxylic acids is 1. The molecule has 0 aliphatic heterocycles. The van der Waals surface area contributed by atoms with Crippen molar-refractivity contribution in [3.05, 3.63) is 35.7 Å². The summed E-state index contributed by atoms with van der Waals surface area (Å²) in [5, 5.41) is 16.3. The molecule has 0 radical (unpaired) electrons. The zero-order valence-electron chi connectivity index (χ0n) is 9.38. The van der Waals surface area contributed by atoms with Gasteiger partial charge in [-0.15, -0.1) is 10.2 Å². The van der Waals surface area contributed by atoms with Crippen LogP contribution in [-0.2, 0) is 11.2 Å². The molecule has 2 rings (SSSR count). The van der Waals surface area contributed by atoms with E-state index >= 15 is 0 Å². The van der Waals surface area contributed by atoms with Crippen molar-refractivity contribution in [2.45, 2.75) is 19.8 Å². The van der Waals surface area contributed by atoms with Crippen LogP contribution in [0.4, 0.5) is 0 Å². The monoisotopic (exact) mass is 232 g/mol. The second kappa shape index (κ2) is 4.78. The van der Waals surface area contributed by atoms with Gasteiger partial charge in [-0.1, -0.05) is 18.2 Å². The van der Waals surface area contributed by atoms with Crippen LogP contribution in [-0.4, -0.2) is 21.3 Å². The number of nitrogens with zero attached hydrogens (tertiary/aromatic N) is 2. The molecule has 1 heterocycles. The van der Waals surface area contributed by atoms with E-state index in [-0.39, 0.29) is 12.8 Å². The normalized spacial score (nSPS) is 10.4. The van der Waals surface area contributed by atoms with Gasteiger partial charge in [-0.25, -0.2) is 0 Å². The lowest BCUT2D eigenvalue weighted by Gasteiger charge is -1.98. The first-order chi connectivity index (χ1) is 8.16. The minimum Gasteiger partial charge on any atom is -0.481 e. The summed E-state index contributed by atoms with van der Waals surface area (Å²) >= 11 is 0. The summed E-state index contributed by atoms with van der Waals surface area (Å²) in [5.41, 5.74) is 1.92. The molecule has 5 nitrogen and oxygen atoms in total. The smallest absolute Gasteiger partial charge is 0.303 e. The van der Waals surface area contributed by atoms with Gasteiger partial charge in [0.15, 0.2) is 0 Å². The molecule has 1 N–H and O–H groups in total. The van der Waals surface area contributed by atoms with E-state index in [4.69, 9.17) is 9.52 Å². The first-order valence-electron chi connectivity index (χ1n) is 5.27. The molecule has 0 amide bonds. The Morgan fingerprint density at radius 3 is 2.82 bits per heavy atom. The first kappa shape index (κ1) is 11.3. The molecule has 0 aliphatic rings. The van der Waals surface area contributed by atoms with Gasteiger partial charge >= 0.3 is 5.97 Å². The standard InChI is InChI=1S/C12H12N2O3/c1-8-4-2-3-5-9(8)12-14-13-10(17-12)6-7-11(15)16/h2-5H,6-7H2,1H3,(H,15,16). The van der Waals surface area contributed by atoms with Gasteiger partial charge < -0.3 is 9.52 Å². The average molecular weight is 232 g/mol. The molecule has 1 aromatic heterocycles. The van der Waals surface area contributed by atoms with Crippen LogP contribution in [0.3, 0.4) is 0 Å². The van der Waals surface area contributed by atoms with Crippen LogP contribution >= 0.6 is 0 Å². The van der Waals surface area contributed by atoms with Crippen LogP contribution in [0, 0.1) is 6.92 Å². The SMILES string of the molecule is Cc1ccccc1-c1nnc(CCC(=O)O)o1. The highest BCUT2D eigenvalue weighted by Gasteiger charge is 2.11. The Kier molecular flexibility index (Phi) is 3.18. The number of carbonyl (C=O) groups is 1. The van der Waals surface area contributed by atoms with E-state index in [1.807, 2.05) is 31.2 Å². The van der Waals surface area contributed by atoms with E-state index in [0.717, 1.165) is 11.1 Å². The van der Waals surface area contributed by atoms with Crippen LogP contribution < -0.4 is 0 Å². The zero-order valence-corrected chi connectivity index (χ0v) is 9.38. The Balaban J connectivity index is 2.18. The van der Waals surface area contributed by atoms with Gasteiger partial charge in [0, 0.05) is 12.0 Å². The molecule has 17 heavy (non-hydrogen) atoms. The maximum atomic E-state index is 10.4. The number of hydrogen-bond acceptors (Lipinski definition) is 4. The van der Waals surface area contributed by atoms with Gasteiger partial charge in [0.1, 0.15) is 0 Å². The van der Waals surface area contributed by atoms with Gasteiger partial charge in [0.25, 0.3) is 0 Å². The molecule has 5 heteroatoms. The fourth-order valence-electron chi connectivity index (χ4n) is 1.49. The minimum absolute atomic E-state index is 0.00456. The van der Waals surface area contributed by atoms with E-state index in [1.165, 1.54) is 0 Å². The quantitative estimate of drug-likeness (QED) is 0.873. The second-order valence-corrected chi connectivity index (χ2v) is 3.71. The summed E-state index contributed by atoms with van der Waals surface area (Å²) in [6.07, 6.45) is 0.254. The molecule has 2 aromatic rings. The average Bonchev–Trinajstić information content (AvgIpc) is 2.75. The number of hydrogen-bond donors (Lipinski definition) is 1. The highest BCUT2D eigenvalue weighted by molar-refractivity contribution is 5.66. The van der Waals surface area contributed by atoms with Gasteiger partial charge in [-0.05, 0) is 18.6 Å². The Bertz CT molecular complexity index is 534. The van der Waals surface area contributed by atoms with E-state index in [2.05, 4.69) is 10.2 Å². The van der Waals surface area contributed by atoms with Crippen molar-refractivity contribution in [1.82, 2.24) is 10.2 Å². The van der Waals surface area contributed by atoms with Crippen LogP contribution in [0.1, 0.15) is 17.9 Å². The molecule has 0 atom stereocenters. The van der Waals surface area contributed by atoms with Crippen LogP contribution in [0.2, 0.25) is 0 Å². The largest absolute Gasteiger partial charge is 0.481 e. The summed E-state index contributed by atoms with van der Waals surface area (Å²) in [7, 11) is 0. The highest BCUT2D eigenvalue weighted by Crippen LogP contribution is 2.21. The lowest BCUT2D eigenvalue weighted by atomic mass is 10.1. The molecule has 0 aliphatic carbocycles. The van der Waals surface area contributed by atoms with Gasteiger partial charge in [0.05, 0.1) is 6.42 Å². The van der Waals surface area contributed by atoms with Crippen molar-refractivity contribution >= 4 is 5.97 Å². The maximum Gasteiger partial charge on any atom is 0.303 e. The number of carboxylic acid groups (broad SMARTS) is 1. The fraction of sp³-hybridized carbons (Fsp3) is 0.250. The lowest BCUT2D eigenvalue weighted by molar-refractivity contribution is -0.137. The highest BCUT2D eigenvalue weighted by atomic mass is 16.4. The third-order valence-corrected chi connectivity index (χ3v) is 2.40. The number of benzene rings is 1. The fourth-order valence-corrected chi connectivity index (χ4v) is 1.49. The zero-order chi connectivity index (χ0) is 12.3. The molecule has 88 valence electrons. The molecular weight excluding hydrogens is 220 g/mol. The molecule has 0 spiro atoms. The number of aryl methyl sites for hydroxylation is 2. The van der Waals surface area contributed by atoms with Crippen LogP contribution in [0.25, 0.3) is 11.5 Å². The summed E-state index contributed by atoms with van der Waals surface area (Å²) in [4.78, 5) is 10.4.